The monoisotopic (exact) mass is 356 g/mol. The molecule has 0 aliphatic heterocycles. The Kier molecular flexibility index (Phi) is 7.70. The molecule has 0 bridgehead atoms. The van der Waals surface area contributed by atoms with Crippen LogP contribution in [0.5, 0.6) is 5.88 Å². The second kappa shape index (κ2) is 9.04. The average molecular weight is 356 g/mol. The molecular formula is C16H29N4O3P. The Morgan fingerprint density at radius 2 is 1.79 bits per heavy atom. The fourth-order valence-electron chi connectivity index (χ4n) is 2.25. The van der Waals surface area contributed by atoms with E-state index in [1.165, 1.54) is 0 Å². The van der Waals surface area contributed by atoms with Crippen molar-refractivity contribution in [2.45, 2.75) is 45.4 Å². The summed E-state index contributed by atoms with van der Waals surface area (Å²) in [6.45, 7) is 12.1. The van der Waals surface area contributed by atoms with Gasteiger partial charge in [-0.05, 0) is 6.42 Å². The number of allylic oxidation sites excluding steroid dienone is 1. The van der Waals surface area contributed by atoms with Crippen LogP contribution in [0.1, 0.15) is 33.3 Å². The van der Waals surface area contributed by atoms with Crippen molar-refractivity contribution in [3.63, 3.8) is 0 Å². The molecule has 1 aromatic heterocycles. The van der Waals surface area contributed by atoms with Gasteiger partial charge in [-0.3, -0.25) is 0 Å². The Morgan fingerprint density at radius 1 is 1.17 bits per heavy atom. The fourth-order valence-corrected chi connectivity index (χ4v) is 4.45. The first-order chi connectivity index (χ1) is 11.2. The van der Waals surface area contributed by atoms with Crippen molar-refractivity contribution >= 4 is 18.9 Å². The summed E-state index contributed by atoms with van der Waals surface area (Å²) >= 11 is 0. The molecule has 0 spiro atoms. The zero-order valence-corrected chi connectivity index (χ0v) is 15.9. The highest BCUT2D eigenvalue weighted by Gasteiger charge is 2.30. The molecule has 0 atom stereocenters. The Bertz CT molecular complexity index is 593. The first-order valence-electron chi connectivity index (χ1n) is 8.04. The lowest BCUT2D eigenvalue weighted by Crippen LogP contribution is -2.16. The van der Waals surface area contributed by atoms with E-state index in [4.69, 9.17) is 20.9 Å². The number of nitrogen functional groups attached to an aromatic ring is 2. The van der Waals surface area contributed by atoms with Crippen LogP contribution in [0.25, 0.3) is 0 Å². The van der Waals surface area contributed by atoms with E-state index in [0.717, 1.165) is 0 Å². The third kappa shape index (κ3) is 5.21. The molecule has 0 radical (unpaired) electrons. The van der Waals surface area contributed by atoms with Gasteiger partial charge in [-0.2, -0.15) is 9.97 Å². The predicted octanol–water partition coefficient (Wildman–Crippen LogP) is 2.90. The Morgan fingerprint density at radius 3 is 2.33 bits per heavy atom. The van der Waals surface area contributed by atoms with Gasteiger partial charge in [-0.15, -0.1) is 6.58 Å². The molecule has 0 aliphatic carbocycles. The number of nitrogens with two attached hydrogens (primary N) is 2. The first kappa shape index (κ1) is 20.5. The van der Waals surface area contributed by atoms with Crippen molar-refractivity contribution in [2.24, 2.45) is 0 Å². The molecule has 7 nitrogen and oxygen atoms in total. The van der Waals surface area contributed by atoms with Crippen LogP contribution in [-0.2, 0) is 15.7 Å². The van der Waals surface area contributed by atoms with E-state index < -0.39 is 7.14 Å². The summed E-state index contributed by atoms with van der Waals surface area (Å²) in [6, 6.07) is 0. The maximum absolute atomic E-state index is 12.8. The second-order valence-electron chi connectivity index (χ2n) is 6.17. The number of hydrogen-bond donors (Lipinski definition) is 2. The molecule has 1 heterocycles. The summed E-state index contributed by atoms with van der Waals surface area (Å²) in [4.78, 5) is 7.98. The molecule has 1 aromatic rings. The van der Waals surface area contributed by atoms with Crippen LogP contribution in [0, 0.1) is 0 Å². The molecule has 0 unspecified atom stereocenters. The summed E-state index contributed by atoms with van der Waals surface area (Å²) in [7, 11) is -2.37. The smallest absolute Gasteiger partial charge is 0.225 e. The van der Waals surface area contributed by atoms with Crippen LogP contribution in [0.3, 0.4) is 0 Å². The molecule has 8 heteroatoms. The highest BCUT2D eigenvalue weighted by Crippen LogP contribution is 2.54. The van der Waals surface area contributed by atoms with Crippen LogP contribution in [0.15, 0.2) is 12.7 Å². The largest absolute Gasteiger partial charge is 0.475 e. The van der Waals surface area contributed by atoms with E-state index in [0.29, 0.717) is 24.5 Å². The van der Waals surface area contributed by atoms with Gasteiger partial charge in [0.05, 0.1) is 12.2 Å². The van der Waals surface area contributed by atoms with Crippen LogP contribution in [0.2, 0.25) is 0 Å². The van der Waals surface area contributed by atoms with Gasteiger partial charge in [0.15, 0.2) is 0 Å². The Labute approximate surface area is 144 Å². The molecule has 24 heavy (non-hydrogen) atoms. The van der Waals surface area contributed by atoms with Crippen molar-refractivity contribution in [2.75, 3.05) is 31.0 Å². The molecule has 0 aliphatic rings. The van der Waals surface area contributed by atoms with Crippen molar-refractivity contribution in [3.05, 3.63) is 18.2 Å². The number of ether oxygens (including phenoxy) is 2. The SMILES string of the molecule is C=CCc1c(N)nc(N)nc1OCCOCP(=O)(C(C)C)C(C)C. The second-order valence-corrected chi connectivity index (χ2v) is 10.2. The van der Waals surface area contributed by atoms with E-state index in [-0.39, 0.29) is 36.0 Å². The third-order valence-corrected chi connectivity index (χ3v) is 7.96. The zero-order chi connectivity index (χ0) is 18.3. The lowest BCUT2D eigenvalue weighted by Gasteiger charge is -2.25. The van der Waals surface area contributed by atoms with Crippen molar-refractivity contribution < 1.29 is 14.0 Å². The van der Waals surface area contributed by atoms with Crippen molar-refractivity contribution in [1.82, 2.24) is 9.97 Å². The number of nitrogens with zero attached hydrogens (tertiary/aromatic N) is 2. The summed E-state index contributed by atoms with van der Waals surface area (Å²) in [5.74, 6) is 0.669. The van der Waals surface area contributed by atoms with Gasteiger partial charge in [-0.25, -0.2) is 0 Å². The van der Waals surface area contributed by atoms with Crippen LogP contribution < -0.4 is 16.2 Å². The standard InChI is InChI=1S/C16H29N4O3P/c1-6-7-13-14(17)19-16(18)20-15(13)23-9-8-22-10-24(21,11(2)3)12(4)5/h6,11-12H,1,7-10H2,2-5H3,(H4,17,18,19,20). The maximum Gasteiger partial charge on any atom is 0.225 e. The maximum atomic E-state index is 12.8. The lowest BCUT2D eigenvalue weighted by atomic mass is 10.2. The van der Waals surface area contributed by atoms with Gasteiger partial charge in [0, 0.05) is 11.3 Å². The number of aromatic nitrogens is 2. The Hall–Kier alpha value is -1.59. The molecule has 0 fully saturated rings. The van der Waals surface area contributed by atoms with E-state index in [2.05, 4.69) is 16.5 Å². The molecular weight excluding hydrogens is 327 g/mol. The summed E-state index contributed by atoms with van der Waals surface area (Å²) in [5.41, 5.74) is 12.3. The Balaban J connectivity index is 2.60. The molecule has 136 valence electrons. The molecule has 4 N–H and O–H groups in total. The van der Waals surface area contributed by atoms with Gasteiger partial charge < -0.3 is 25.5 Å². The lowest BCUT2D eigenvalue weighted by molar-refractivity contribution is 0.127. The normalized spacial score (nSPS) is 11.9. The van der Waals surface area contributed by atoms with E-state index >= 15 is 0 Å². The number of anilines is 2. The van der Waals surface area contributed by atoms with Crippen molar-refractivity contribution in [1.29, 1.82) is 0 Å². The third-order valence-electron chi connectivity index (χ3n) is 3.87. The van der Waals surface area contributed by atoms with Crippen LogP contribution in [-0.4, -0.2) is 40.8 Å². The zero-order valence-electron chi connectivity index (χ0n) is 15.0. The van der Waals surface area contributed by atoms with Crippen LogP contribution in [0.4, 0.5) is 11.8 Å². The molecule has 1 rings (SSSR count). The van der Waals surface area contributed by atoms with Gasteiger partial charge >= 0.3 is 0 Å². The van der Waals surface area contributed by atoms with Gasteiger partial charge in [0.2, 0.25) is 11.8 Å². The molecule has 0 saturated carbocycles. The quantitative estimate of drug-likeness (QED) is 0.376. The van der Waals surface area contributed by atoms with Gasteiger partial charge in [0.1, 0.15) is 25.9 Å². The van der Waals surface area contributed by atoms with Gasteiger partial charge in [-0.1, -0.05) is 33.8 Å². The van der Waals surface area contributed by atoms with Crippen LogP contribution >= 0.6 is 7.14 Å². The van der Waals surface area contributed by atoms with Gasteiger partial charge in [0.25, 0.3) is 0 Å². The summed E-state index contributed by atoms with van der Waals surface area (Å²) < 4.78 is 24.0. The minimum atomic E-state index is -2.37. The summed E-state index contributed by atoms with van der Waals surface area (Å²) in [6.07, 6.45) is 2.42. The topological polar surface area (TPSA) is 113 Å². The minimum Gasteiger partial charge on any atom is -0.475 e. The fraction of sp³-hybridized carbons (Fsp3) is 0.625. The molecule has 0 amide bonds. The highest BCUT2D eigenvalue weighted by molar-refractivity contribution is 7.65. The number of hydrogen-bond acceptors (Lipinski definition) is 7. The molecule has 0 aromatic carbocycles. The predicted molar refractivity (Wildman–Crippen MR) is 99.0 cm³/mol. The minimum absolute atomic E-state index is 0.0559. The highest BCUT2D eigenvalue weighted by atomic mass is 31.2. The summed E-state index contributed by atoms with van der Waals surface area (Å²) in [5, 5.41) is 0. The van der Waals surface area contributed by atoms with E-state index in [1.54, 1.807) is 6.08 Å². The van der Waals surface area contributed by atoms with Crippen molar-refractivity contribution in [3.8, 4) is 5.88 Å². The molecule has 0 saturated heterocycles. The van der Waals surface area contributed by atoms with E-state index in [9.17, 15) is 4.57 Å². The first-order valence-corrected chi connectivity index (χ1v) is 10.1. The number of rotatable bonds is 10. The average Bonchev–Trinajstić information content (AvgIpc) is 2.49. The van der Waals surface area contributed by atoms with E-state index in [1.807, 2.05) is 27.7 Å².